The second-order valence-electron chi connectivity index (χ2n) is 4.80. The molecular weight excluding hydrogens is 314 g/mol. The normalized spacial score (nSPS) is 11.0. The van der Waals surface area contributed by atoms with E-state index in [4.69, 9.17) is 11.6 Å². The topological polar surface area (TPSA) is 77.4 Å². The number of nitrogens with one attached hydrogen (secondary N) is 1. The minimum atomic E-state index is -1.20. The number of rotatable bonds is 4. The highest BCUT2D eigenvalue weighted by Crippen LogP contribution is 2.24. The van der Waals surface area contributed by atoms with Crippen molar-refractivity contribution >= 4 is 40.4 Å². The van der Waals surface area contributed by atoms with Crippen molar-refractivity contribution in [2.24, 2.45) is 5.10 Å². The average molecular weight is 325 g/mol. The molecule has 0 aliphatic rings. The maximum Gasteiger partial charge on any atom is 0.0738 e. The molecule has 0 aliphatic heterocycles. The van der Waals surface area contributed by atoms with Crippen LogP contribution in [-0.4, -0.2) is 17.2 Å². The first kappa shape index (κ1) is 15.0. The zero-order chi connectivity index (χ0) is 16.2. The summed E-state index contributed by atoms with van der Waals surface area (Å²) in [6, 6.07) is 13.5. The molecule has 114 valence electrons. The van der Waals surface area contributed by atoms with Gasteiger partial charge in [0.2, 0.25) is 0 Å². The molecule has 23 heavy (non-hydrogen) atoms. The first-order valence-corrected chi connectivity index (χ1v) is 7.16. The molecule has 0 radical (unpaired) electrons. The fraction of sp³-hybridized carbons (Fsp3) is 0. The third-order valence-corrected chi connectivity index (χ3v) is 3.48. The molecule has 0 spiro atoms. The van der Waals surface area contributed by atoms with Crippen molar-refractivity contribution in [3.63, 3.8) is 0 Å². The van der Waals surface area contributed by atoms with Gasteiger partial charge in [-0.05, 0) is 35.4 Å². The summed E-state index contributed by atoms with van der Waals surface area (Å²) in [6.45, 7) is 0. The van der Waals surface area contributed by atoms with Crippen molar-refractivity contribution in [3.8, 4) is 0 Å². The monoisotopic (exact) mass is 324 g/mol. The molecular formula is C17H11ClN3O2-. The van der Waals surface area contributed by atoms with Gasteiger partial charge in [-0.1, -0.05) is 35.9 Å². The van der Waals surface area contributed by atoms with Crippen LogP contribution in [0.25, 0.3) is 10.9 Å². The smallest absolute Gasteiger partial charge is 0.0738 e. The van der Waals surface area contributed by atoms with Gasteiger partial charge in [-0.2, -0.15) is 5.10 Å². The van der Waals surface area contributed by atoms with Crippen LogP contribution in [0.3, 0.4) is 0 Å². The Bertz CT molecular complexity index is 892. The number of pyridine rings is 1. The van der Waals surface area contributed by atoms with E-state index >= 15 is 0 Å². The number of hydrogen-bond acceptors (Lipinski definition) is 5. The summed E-state index contributed by atoms with van der Waals surface area (Å²) in [4.78, 5) is 14.9. The summed E-state index contributed by atoms with van der Waals surface area (Å²) in [5.74, 6) is -1.20. The van der Waals surface area contributed by atoms with E-state index in [9.17, 15) is 9.90 Å². The Morgan fingerprint density at radius 3 is 2.70 bits per heavy atom. The lowest BCUT2D eigenvalue weighted by atomic mass is 10.1. The molecule has 0 saturated carbocycles. The van der Waals surface area contributed by atoms with Crippen LogP contribution in [0.1, 0.15) is 15.9 Å². The molecule has 0 aliphatic carbocycles. The Kier molecular flexibility index (Phi) is 4.21. The van der Waals surface area contributed by atoms with Crippen LogP contribution in [-0.2, 0) is 0 Å². The van der Waals surface area contributed by atoms with Crippen molar-refractivity contribution in [3.05, 3.63) is 70.9 Å². The lowest BCUT2D eigenvalue weighted by Crippen LogP contribution is -2.21. The first-order valence-electron chi connectivity index (χ1n) is 6.78. The zero-order valence-electron chi connectivity index (χ0n) is 11.9. The molecule has 5 nitrogen and oxygen atoms in total. The largest absolute Gasteiger partial charge is 0.545 e. The molecule has 0 unspecified atom stereocenters. The Labute approximate surface area is 137 Å². The average Bonchev–Trinajstić information content (AvgIpc) is 2.55. The summed E-state index contributed by atoms with van der Waals surface area (Å²) in [5, 5.41) is 16.4. The Hall–Kier alpha value is -2.92. The summed E-state index contributed by atoms with van der Waals surface area (Å²) >= 11 is 5.95. The highest BCUT2D eigenvalue weighted by Gasteiger charge is 2.01. The molecule has 6 heteroatoms. The van der Waals surface area contributed by atoms with Crippen LogP contribution >= 0.6 is 11.6 Å². The number of halogens is 1. The number of carboxylic acid groups (broad SMARTS) is 1. The van der Waals surface area contributed by atoms with Crippen molar-refractivity contribution in [2.45, 2.75) is 0 Å². The Morgan fingerprint density at radius 2 is 1.96 bits per heavy atom. The Morgan fingerprint density at radius 1 is 1.17 bits per heavy atom. The van der Waals surface area contributed by atoms with E-state index in [1.165, 1.54) is 12.1 Å². The number of hydrazone groups is 1. The van der Waals surface area contributed by atoms with Crippen LogP contribution in [0.5, 0.6) is 0 Å². The molecule has 0 fully saturated rings. The van der Waals surface area contributed by atoms with E-state index in [0.29, 0.717) is 5.02 Å². The molecule has 2 aromatic carbocycles. The molecule has 0 bridgehead atoms. The van der Waals surface area contributed by atoms with Crippen LogP contribution in [0, 0.1) is 0 Å². The van der Waals surface area contributed by atoms with Gasteiger partial charge in [-0.3, -0.25) is 10.4 Å². The van der Waals surface area contributed by atoms with Gasteiger partial charge < -0.3 is 9.90 Å². The number of fused-ring (bicyclic) bond motifs is 1. The number of carbonyl (C=O) groups excluding carboxylic acids is 1. The van der Waals surface area contributed by atoms with Gasteiger partial charge in [0, 0.05) is 16.6 Å². The second-order valence-corrected chi connectivity index (χ2v) is 5.24. The number of carbonyl (C=O) groups is 1. The maximum atomic E-state index is 10.7. The molecule has 1 aromatic heterocycles. The van der Waals surface area contributed by atoms with E-state index < -0.39 is 5.97 Å². The number of carboxylic acids is 1. The van der Waals surface area contributed by atoms with Gasteiger partial charge in [-0.15, -0.1) is 0 Å². The van der Waals surface area contributed by atoms with E-state index in [1.54, 1.807) is 36.7 Å². The fourth-order valence-electron chi connectivity index (χ4n) is 2.10. The summed E-state index contributed by atoms with van der Waals surface area (Å²) in [7, 11) is 0. The predicted molar refractivity (Wildman–Crippen MR) is 88.7 cm³/mol. The van der Waals surface area contributed by atoms with E-state index in [1.807, 2.05) is 12.1 Å². The minimum absolute atomic E-state index is 0.132. The van der Waals surface area contributed by atoms with Crippen molar-refractivity contribution in [1.29, 1.82) is 0 Å². The highest BCUT2D eigenvalue weighted by molar-refractivity contribution is 6.31. The van der Waals surface area contributed by atoms with Gasteiger partial charge in [0.05, 0.1) is 23.4 Å². The minimum Gasteiger partial charge on any atom is -0.545 e. The van der Waals surface area contributed by atoms with Crippen molar-refractivity contribution in [2.75, 3.05) is 5.43 Å². The zero-order valence-corrected chi connectivity index (χ0v) is 12.6. The lowest BCUT2D eigenvalue weighted by Gasteiger charge is -2.05. The van der Waals surface area contributed by atoms with Crippen LogP contribution in [0.15, 0.2) is 59.8 Å². The highest BCUT2D eigenvalue weighted by atomic mass is 35.5. The number of benzene rings is 2. The quantitative estimate of drug-likeness (QED) is 0.591. The first-order chi connectivity index (χ1) is 11.1. The van der Waals surface area contributed by atoms with Gasteiger partial charge >= 0.3 is 0 Å². The van der Waals surface area contributed by atoms with Crippen LogP contribution in [0.4, 0.5) is 5.69 Å². The molecule has 0 saturated heterocycles. The number of aromatic nitrogens is 1. The molecule has 1 heterocycles. The molecule has 3 aromatic rings. The maximum absolute atomic E-state index is 10.7. The molecule has 0 amide bonds. The summed E-state index contributed by atoms with van der Waals surface area (Å²) in [6.07, 6.45) is 3.27. The van der Waals surface area contributed by atoms with Crippen molar-refractivity contribution < 1.29 is 9.90 Å². The number of nitrogens with zero attached hydrogens (tertiary/aromatic N) is 2. The second kappa shape index (κ2) is 6.46. The fourth-order valence-corrected chi connectivity index (χ4v) is 2.27. The SMILES string of the molecule is O=C([O-])c1ccc(/C=N\Nc2ccnc3cc(Cl)ccc23)cc1. The standard InChI is InChI=1S/C17H12ClN3O2/c18-13-5-6-14-15(7-8-19-16(14)9-13)21-20-10-11-1-3-12(4-2-11)17(22)23/h1-10H,(H,19,21)(H,22,23)/p-1/b20-10-. The lowest BCUT2D eigenvalue weighted by molar-refractivity contribution is -0.255. The third-order valence-electron chi connectivity index (χ3n) is 3.25. The van der Waals surface area contributed by atoms with Crippen LogP contribution < -0.4 is 10.5 Å². The Balaban J connectivity index is 1.79. The van der Waals surface area contributed by atoms with Crippen LogP contribution in [0.2, 0.25) is 5.02 Å². The predicted octanol–water partition coefficient (Wildman–Crippen LogP) is 2.70. The molecule has 0 atom stereocenters. The van der Waals surface area contributed by atoms with E-state index in [-0.39, 0.29) is 5.56 Å². The van der Waals surface area contributed by atoms with Gasteiger partial charge in [0.1, 0.15) is 0 Å². The van der Waals surface area contributed by atoms with Gasteiger partial charge in [0.15, 0.2) is 0 Å². The number of hydrogen-bond donors (Lipinski definition) is 1. The van der Waals surface area contributed by atoms with E-state index in [2.05, 4.69) is 15.5 Å². The summed E-state index contributed by atoms with van der Waals surface area (Å²) < 4.78 is 0. The number of anilines is 1. The van der Waals surface area contributed by atoms with Gasteiger partial charge in [-0.25, -0.2) is 0 Å². The molecule has 1 N–H and O–H groups in total. The van der Waals surface area contributed by atoms with Crippen molar-refractivity contribution in [1.82, 2.24) is 4.98 Å². The van der Waals surface area contributed by atoms with E-state index in [0.717, 1.165) is 22.2 Å². The number of aromatic carboxylic acids is 1. The third kappa shape index (κ3) is 3.46. The molecule has 3 rings (SSSR count). The summed E-state index contributed by atoms with van der Waals surface area (Å²) in [5.41, 5.74) is 5.42. The van der Waals surface area contributed by atoms with Gasteiger partial charge in [0.25, 0.3) is 0 Å².